The van der Waals surface area contributed by atoms with Crippen molar-refractivity contribution in [3.05, 3.63) is 35.7 Å². The van der Waals surface area contributed by atoms with Crippen LogP contribution >= 0.6 is 0 Å². The Morgan fingerprint density at radius 2 is 2.20 bits per heavy atom. The van der Waals surface area contributed by atoms with E-state index in [1.54, 1.807) is 23.1 Å². The van der Waals surface area contributed by atoms with Gasteiger partial charge in [-0.15, -0.1) is 0 Å². The fourth-order valence-corrected chi connectivity index (χ4v) is 1.40. The lowest BCUT2D eigenvalue weighted by molar-refractivity contribution is 0.823. The van der Waals surface area contributed by atoms with Gasteiger partial charge >= 0.3 is 0 Å². The minimum Gasteiger partial charge on any atom is -0.262 e. The van der Waals surface area contributed by atoms with Crippen LogP contribution < -0.4 is 0 Å². The van der Waals surface area contributed by atoms with Gasteiger partial charge in [-0.25, -0.2) is 9.67 Å². The highest BCUT2D eigenvalue weighted by Gasteiger charge is 2.09. The standard InChI is InChI=1S/C10H9N5/c1-7-13-8(2)15(14-7)10-6-12-4-3-9(10)5-11/h3-4,6H,1-2H3. The van der Waals surface area contributed by atoms with Gasteiger partial charge in [0, 0.05) is 6.20 Å². The summed E-state index contributed by atoms with van der Waals surface area (Å²) in [5, 5.41) is 13.1. The predicted octanol–water partition coefficient (Wildman–Crippen LogP) is 1.15. The molecule has 2 rings (SSSR count). The van der Waals surface area contributed by atoms with Crippen LogP contribution in [0.15, 0.2) is 18.5 Å². The average molecular weight is 199 g/mol. The highest BCUT2D eigenvalue weighted by molar-refractivity contribution is 5.46. The average Bonchev–Trinajstić information content (AvgIpc) is 2.57. The maximum absolute atomic E-state index is 8.94. The molecular weight excluding hydrogens is 190 g/mol. The minimum absolute atomic E-state index is 0.540. The van der Waals surface area contributed by atoms with Gasteiger partial charge in [-0.1, -0.05) is 0 Å². The normalized spacial score (nSPS) is 9.93. The molecule has 2 aromatic heterocycles. The third-order valence-electron chi connectivity index (χ3n) is 2.02. The van der Waals surface area contributed by atoms with Gasteiger partial charge in [0.1, 0.15) is 23.4 Å². The van der Waals surface area contributed by atoms with E-state index in [1.165, 1.54) is 0 Å². The molecule has 0 radical (unpaired) electrons. The van der Waals surface area contributed by atoms with Crippen LogP contribution in [0.5, 0.6) is 0 Å². The zero-order valence-corrected chi connectivity index (χ0v) is 8.47. The monoisotopic (exact) mass is 199 g/mol. The van der Waals surface area contributed by atoms with Crippen molar-refractivity contribution in [3.63, 3.8) is 0 Å². The Morgan fingerprint density at radius 3 is 2.80 bits per heavy atom. The zero-order valence-electron chi connectivity index (χ0n) is 8.47. The van der Waals surface area contributed by atoms with E-state index in [2.05, 4.69) is 21.1 Å². The smallest absolute Gasteiger partial charge is 0.148 e. The molecule has 0 aliphatic heterocycles. The molecule has 0 saturated carbocycles. The van der Waals surface area contributed by atoms with Gasteiger partial charge in [-0.3, -0.25) is 4.98 Å². The third kappa shape index (κ3) is 1.57. The topological polar surface area (TPSA) is 67.4 Å². The number of aryl methyl sites for hydroxylation is 2. The van der Waals surface area contributed by atoms with Crippen molar-refractivity contribution in [3.8, 4) is 11.8 Å². The molecule has 2 aromatic rings. The zero-order chi connectivity index (χ0) is 10.8. The van der Waals surface area contributed by atoms with Gasteiger partial charge in [0.25, 0.3) is 0 Å². The second-order valence-electron chi connectivity index (χ2n) is 3.12. The second-order valence-corrected chi connectivity index (χ2v) is 3.12. The van der Waals surface area contributed by atoms with Crippen molar-refractivity contribution >= 4 is 0 Å². The molecule has 0 aliphatic rings. The molecular formula is C10H9N5. The molecule has 0 N–H and O–H groups in total. The van der Waals surface area contributed by atoms with E-state index in [0.717, 1.165) is 5.82 Å². The van der Waals surface area contributed by atoms with E-state index < -0.39 is 0 Å². The Kier molecular flexibility index (Phi) is 2.18. The van der Waals surface area contributed by atoms with E-state index in [4.69, 9.17) is 5.26 Å². The molecule has 0 amide bonds. The first-order valence-electron chi connectivity index (χ1n) is 4.47. The Morgan fingerprint density at radius 1 is 1.40 bits per heavy atom. The van der Waals surface area contributed by atoms with Crippen LogP contribution in [0.4, 0.5) is 0 Å². The van der Waals surface area contributed by atoms with Crippen molar-refractivity contribution in [1.29, 1.82) is 5.26 Å². The van der Waals surface area contributed by atoms with Crippen molar-refractivity contribution in [2.75, 3.05) is 0 Å². The number of pyridine rings is 1. The Labute approximate surface area is 87.0 Å². The van der Waals surface area contributed by atoms with Crippen molar-refractivity contribution in [2.24, 2.45) is 0 Å². The number of aromatic nitrogens is 4. The molecule has 5 nitrogen and oxygen atoms in total. The molecule has 0 spiro atoms. The van der Waals surface area contributed by atoms with Crippen LogP contribution in [0.2, 0.25) is 0 Å². The lowest BCUT2D eigenvalue weighted by atomic mass is 10.2. The Bertz CT molecular complexity index is 535. The van der Waals surface area contributed by atoms with Crippen LogP contribution in [-0.4, -0.2) is 19.7 Å². The maximum atomic E-state index is 8.94. The quantitative estimate of drug-likeness (QED) is 0.691. The number of hydrogen-bond acceptors (Lipinski definition) is 4. The van der Waals surface area contributed by atoms with E-state index in [9.17, 15) is 0 Å². The first-order valence-corrected chi connectivity index (χ1v) is 4.47. The van der Waals surface area contributed by atoms with Crippen molar-refractivity contribution in [2.45, 2.75) is 13.8 Å². The fraction of sp³-hybridized carbons (Fsp3) is 0.200. The summed E-state index contributed by atoms with van der Waals surface area (Å²) >= 11 is 0. The molecule has 2 heterocycles. The first-order chi connectivity index (χ1) is 7.22. The number of nitrogens with zero attached hydrogens (tertiary/aromatic N) is 5. The molecule has 15 heavy (non-hydrogen) atoms. The molecule has 0 bridgehead atoms. The summed E-state index contributed by atoms with van der Waals surface area (Å²) in [6.07, 6.45) is 3.20. The lowest BCUT2D eigenvalue weighted by Crippen LogP contribution is -2.02. The largest absolute Gasteiger partial charge is 0.262 e. The van der Waals surface area contributed by atoms with E-state index in [0.29, 0.717) is 17.1 Å². The number of hydrogen-bond donors (Lipinski definition) is 0. The molecule has 0 saturated heterocycles. The van der Waals surface area contributed by atoms with Gasteiger partial charge in [0.15, 0.2) is 0 Å². The molecule has 74 valence electrons. The summed E-state index contributed by atoms with van der Waals surface area (Å²) in [5.74, 6) is 1.43. The third-order valence-corrected chi connectivity index (χ3v) is 2.02. The summed E-state index contributed by atoms with van der Waals surface area (Å²) in [6.45, 7) is 3.65. The van der Waals surface area contributed by atoms with Gasteiger partial charge < -0.3 is 0 Å². The summed E-state index contributed by atoms with van der Waals surface area (Å²) in [4.78, 5) is 8.16. The van der Waals surface area contributed by atoms with Gasteiger partial charge in [-0.05, 0) is 19.9 Å². The molecule has 0 atom stereocenters. The van der Waals surface area contributed by atoms with Crippen molar-refractivity contribution in [1.82, 2.24) is 19.7 Å². The SMILES string of the molecule is Cc1nc(C)n(-c2cnccc2C#N)n1. The van der Waals surface area contributed by atoms with Gasteiger partial charge in [-0.2, -0.15) is 10.4 Å². The number of rotatable bonds is 1. The first kappa shape index (κ1) is 9.34. The van der Waals surface area contributed by atoms with Crippen LogP contribution in [0, 0.1) is 25.2 Å². The van der Waals surface area contributed by atoms with Gasteiger partial charge in [0.2, 0.25) is 0 Å². The van der Waals surface area contributed by atoms with E-state index in [-0.39, 0.29) is 0 Å². The molecule has 5 heteroatoms. The predicted molar refractivity (Wildman–Crippen MR) is 53.3 cm³/mol. The van der Waals surface area contributed by atoms with E-state index >= 15 is 0 Å². The summed E-state index contributed by atoms with van der Waals surface area (Å²) in [6, 6.07) is 3.76. The minimum atomic E-state index is 0.540. The Hall–Kier alpha value is -2.22. The molecule has 0 unspecified atom stereocenters. The van der Waals surface area contributed by atoms with Crippen LogP contribution in [0.25, 0.3) is 5.69 Å². The van der Waals surface area contributed by atoms with Crippen LogP contribution in [-0.2, 0) is 0 Å². The van der Waals surface area contributed by atoms with Crippen molar-refractivity contribution < 1.29 is 0 Å². The molecule has 0 fully saturated rings. The number of nitriles is 1. The van der Waals surface area contributed by atoms with Gasteiger partial charge in [0.05, 0.1) is 11.8 Å². The summed E-state index contributed by atoms with van der Waals surface area (Å²) in [5.41, 5.74) is 1.20. The highest BCUT2D eigenvalue weighted by Crippen LogP contribution is 2.12. The molecule has 0 aromatic carbocycles. The van der Waals surface area contributed by atoms with E-state index in [1.807, 2.05) is 13.8 Å². The maximum Gasteiger partial charge on any atom is 0.148 e. The summed E-state index contributed by atoms with van der Waals surface area (Å²) in [7, 11) is 0. The van der Waals surface area contributed by atoms with Crippen LogP contribution in [0.3, 0.4) is 0 Å². The highest BCUT2D eigenvalue weighted by atomic mass is 15.3. The molecule has 0 aliphatic carbocycles. The fourth-order valence-electron chi connectivity index (χ4n) is 1.40. The Balaban J connectivity index is 2.64. The van der Waals surface area contributed by atoms with Crippen LogP contribution in [0.1, 0.15) is 17.2 Å². The summed E-state index contributed by atoms with van der Waals surface area (Å²) < 4.78 is 1.63. The second kappa shape index (κ2) is 3.50. The lowest BCUT2D eigenvalue weighted by Gasteiger charge is -2.03.